The summed E-state index contributed by atoms with van der Waals surface area (Å²) in [5.74, 6) is -6.29. The van der Waals surface area contributed by atoms with Gasteiger partial charge in [0.2, 0.25) is 0 Å². The topological polar surface area (TPSA) is 258 Å². The van der Waals surface area contributed by atoms with Crippen molar-refractivity contribution in [2.24, 2.45) is 44.3 Å². The number of fused-ring (bicyclic) bond motifs is 7. The van der Waals surface area contributed by atoms with Gasteiger partial charge in [0.25, 0.3) is 0 Å². The van der Waals surface area contributed by atoms with Gasteiger partial charge in [0.1, 0.15) is 25.4 Å². The Morgan fingerprint density at radius 3 is 1.50 bits per heavy atom. The molecule has 2 aliphatic heterocycles. The van der Waals surface area contributed by atoms with Crippen molar-refractivity contribution in [2.75, 3.05) is 13.2 Å². The first-order chi connectivity index (χ1) is 35.3. The molecule has 2 saturated heterocycles. The van der Waals surface area contributed by atoms with Gasteiger partial charge >= 0.3 is 47.8 Å². The fourth-order valence-corrected chi connectivity index (χ4v) is 14.8. The predicted octanol–water partition coefficient (Wildman–Crippen LogP) is 6.80. The molecule has 424 valence electrons. The Hall–Kier alpha value is -4.92. The minimum atomic E-state index is -1.82. The van der Waals surface area contributed by atoms with Crippen LogP contribution in [0.4, 0.5) is 0 Å². The third-order valence-corrected chi connectivity index (χ3v) is 18.9. The highest BCUT2D eigenvalue weighted by Gasteiger charge is 2.67. The average Bonchev–Trinajstić information content (AvgIpc) is 3.29. The summed E-state index contributed by atoms with van der Waals surface area (Å²) < 4.78 is 66.5. The smallest absolute Gasteiger partial charge is 0.309 e. The lowest BCUT2D eigenvalue weighted by atomic mass is 9.36. The van der Waals surface area contributed by atoms with Crippen molar-refractivity contribution < 1.29 is 95.6 Å². The first-order valence-electron chi connectivity index (χ1n) is 26.7. The minimum Gasteiger partial charge on any atom is -0.481 e. The molecule has 1 N–H and O–H groups in total. The molecule has 20 nitrogen and oxygen atoms in total. The number of carbonyl (C=O) groups is 8. The van der Waals surface area contributed by atoms with E-state index in [4.69, 9.17) is 52.1 Å². The van der Waals surface area contributed by atoms with E-state index in [0.717, 1.165) is 73.6 Å². The molecule has 76 heavy (non-hydrogen) atoms. The van der Waals surface area contributed by atoms with Crippen molar-refractivity contribution in [3.05, 3.63) is 23.3 Å². The van der Waals surface area contributed by atoms with Crippen LogP contribution in [0.3, 0.4) is 0 Å². The predicted molar refractivity (Wildman–Crippen MR) is 265 cm³/mol. The van der Waals surface area contributed by atoms with E-state index in [1.165, 1.54) is 18.1 Å². The molecule has 0 aromatic rings. The molecular weight excluding hydrogens is 993 g/mol. The first-order valence-corrected chi connectivity index (χ1v) is 26.7. The second-order valence-electron chi connectivity index (χ2n) is 24.3. The van der Waals surface area contributed by atoms with E-state index in [9.17, 15) is 43.5 Å². The van der Waals surface area contributed by atoms with E-state index in [1.807, 2.05) is 6.92 Å². The van der Waals surface area contributed by atoms with Gasteiger partial charge in [-0.25, -0.2) is 0 Å². The van der Waals surface area contributed by atoms with E-state index in [1.54, 1.807) is 0 Å². The molecule has 0 bridgehead atoms. The first kappa shape index (κ1) is 58.8. The van der Waals surface area contributed by atoms with Crippen LogP contribution in [0.2, 0.25) is 0 Å². The standard InChI is InChI=1S/C56H80O20/c1-28(57)66-26-37-43(69-31(4)60)45(71-33(6)62)47(76-49-46(72-34(7)63)44(70-32(5)61)42(68-30(3)59)38(74-49)27-67-29(2)58)48(73-37)75-41-18-19-54(12)39(51(41,8)9)17-20-56(14)40(54)16-15-35-36-25-53(11,50(64)65)22-21-52(36,10)23-24-55(35,56)13/h15-16,36-39,41-49H,17-27H2,1-14H3,(H,64,65)/t36-,37+,38+,39-,41-,42+,43+,44-,45-,46+,47+,48-,49-,52+,53-,54-,55+,56+/m0/s1. The van der Waals surface area contributed by atoms with Crippen LogP contribution in [-0.4, -0.2) is 134 Å². The lowest BCUT2D eigenvalue weighted by Gasteiger charge is -2.68. The molecule has 0 aromatic heterocycles. The Balaban J connectivity index is 1.29. The third kappa shape index (κ3) is 11.1. The number of hydrogen-bond acceptors (Lipinski definition) is 19. The lowest BCUT2D eigenvalue weighted by molar-refractivity contribution is -0.378. The molecule has 0 aromatic carbocycles. The molecule has 7 rings (SSSR count). The summed E-state index contributed by atoms with van der Waals surface area (Å²) in [7, 11) is 0. The second kappa shape index (κ2) is 21.7. The van der Waals surface area contributed by atoms with Gasteiger partial charge in [-0.2, -0.15) is 0 Å². The Morgan fingerprint density at radius 2 is 1.00 bits per heavy atom. The molecule has 5 aliphatic carbocycles. The number of carboxylic acid groups (broad SMARTS) is 1. The molecule has 0 unspecified atom stereocenters. The van der Waals surface area contributed by atoms with Crippen LogP contribution in [0.15, 0.2) is 23.3 Å². The number of esters is 7. The van der Waals surface area contributed by atoms with Crippen LogP contribution in [0.25, 0.3) is 0 Å². The van der Waals surface area contributed by atoms with Crippen molar-refractivity contribution in [1.82, 2.24) is 0 Å². The minimum absolute atomic E-state index is 0.0135. The number of allylic oxidation sites excluding steroid dienone is 4. The number of rotatable bonds is 14. The summed E-state index contributed by atoms with van der Waals surface area (Å²) in [5, 5.41) is 10.4. The second-order valence-corrected chi connectivity index (χ2v) is 24.3. The molecule has 6 fully saturated rings. The Bertz CT molecular complexity index is 2380. The molecule has 4 saturated carbocycles. The van der Waals surface area contributed by atoms with Gasteiger partial charge in [0.05, 0.1) is 11.5 Å². The van der Waals surface area contributed by atoms with Gasteiger partial charge in [0, 0.05) is 48.5 Å². The molecule has 7 aliphatic rings. The molecule has 2 heterocycles. The summed E-state index contributed by atoms with van der Waals surface area (Å²) in [6.07, 6.45) is -4.66. The van der Waals surface area contributed by atoms with Gasteiger partial charge in [-0.3, -0.25) is 38.4 Å². The highest BCUT2D eigenvalue weighted by molar-refractivity contribution is 5.74. The molecular formula is C56H80O20. The molecule has 0 spiro atoms. The van der Waals surface area contributed by atoms with Crippen LogP contribution < -0.4 is 0 Å². The maximum absolute atomic E-state index is 13.2. The quantitative estimate of drug-likeness (QED) is 0.107. The zero-order valence-electron chi connectivity index (χ0n) is 46.6. The third-order valence-electron chi connectivity index (χ3n) is 18.9. The van der Waals surface area contributed by atoms with Crippen LogP contribution in [-0.2, 0) is 90.5 Å². The Morgan fingerprint density at radius 1 is 0.526 bits per heavy atom. The van der Waals surface area contributed by atoms with Crippen molar-refractivity contribution in [3.63, 3.8) is 0 Å². The van der Waals surface area contributed by atoms with Crippen LogP contribution >= 0.6 is 0 Å². The van der Waals surface area contributed by atoms with Crippen LogP contribution in [0.1, 0.15) is 155 Å². The van der Waals surface area contributed by atoms with E-state index >= 15 is 0 Å². The van der Waals surface area contributed by atoms with E-state index in [-0.39, 0.29) is 33.5 Å². The fourth-order valence-electron chi connectivity index (χ4n) is 14.8. The monoisotopic (exact) mass is 1070 g/mol. The number of carbonyl (C=O) groups excluding carboxylic acids is 7. The molecule has 0 amide bonds. The van der Waals surface area contributed by atoms with Gasteiger partial charge in [0.15, 0.2) is 49.2 Å². The molecule has 0 radical (unpaired) electrons. The number of hydrogen-bond donors (Lipinski definition) is 1. The van der Waals surface area contributed by atoms with Crippen LogP contribution in [0.5, 0.6) is 0 Å². The average molecular weight is 1070 g/mol. The molecule has 20 heteroatoms. The van der Waals surface area contributed by atoms with E-state index in [2.05, 4.69) is 53.7 Å². The summed E-state index contributed by atoms with van der Waals surface area (Å²) >= 11 is 0. The van der Waals surface area contributed by atoms with Gasteiger partial charge < -0.3 is 57.2 Å². The summed E-state index contributed by atoms with van der Waals surface area (Å²) in [6, 6.07) is 0. The summed E-state index contributed by atoms with van der Waals surface area (Å²) in [5.41, 5.74) is 0.582. The molecule has 18 atom stereocenters. The highest BCUT2D eigenvalue weighted by atomic mass is 16.8. The zero-order chi connectivity index (χ0) is 56.2. The summed E-state index contributed by atoms with van der Waals surface area (Å²) in [4.78, 5) is 102. The van der Waals surface area contributed by atoms with Gasteiger partial charge in [-0.15, -0.1) is 0 Å². The Labute approximate surface area is 445 Å². The highest BCUT2D eigenvalue weighted by Crippen LogP contribution is 2.75. The maximum atomic E-state index is 13.2. The fraction of sp³-hybridized carbons (Fsp3) is 0.786. The maximum Gasteiger partial charge on any atom is 0.309 e. The van der Waals surface area contributed by atoms with Crippen molar-refractivity contribution >= 4 is 47.8 Å². The number of carboxylic acids is 1. The normalized spacial score (nSPS) is 41.3. The van der Waals surface area contributed by atoms with Gasteiger partial charge in [-0.1, -0.05) is 64.8 Å². The lowest BCUT2D eigenvalue weighted by Crippen LogP contribution is -2.68. The van der Waals surface area contributed by atoms with Crippen molar-refractivity contribution in [2.45, 2.75) is 222 Å². The van der Waals surface area contributed by atoms with Crippen molar-refractivity contribution in [1.29, 1.82) is 0 Å². The van der Waals surface area contributed by atoms with Crippen LogP contribution in [0, 0.1) is 44.3 Å². The SMILES string of the molecule is CC(=O)OC[C@H]1O[C@@H](O[C@H]2[C@H](O[C@H]3CC[C@]4(C)C5=CC=C6[C@@H]7C[C@@](C)(C(=O)O)CC[C@]7(C)CC[C@@]6(C)[C@]5(C)CC[C@H]4C3(C)C)O[C@H](COC(C)=O)[C@@H](OC(C)=O)[C@@H]2OC(C)=O)[C@H](OC(C)=O)[C@@H](OC(C)=O)[C@@H]1OC(C)=O. The van der Waals surface area contributed by atoms with Crippen molar-refractivity contribution in [3.8, 4) is 0 Å². The largest absolute Gasteiger partial charge is 0.481 e. The summed E-state index contributed by atoms with van der Waals surface area (Å²) in [6.45, 7) is 22.5. The van der Waals surface area contributed by atoms with Gasteiger partial charge in [-0.05, 0) is 104 Å². The number of ether oxygens (including phenoxy) is 11. The van der Waals surface area contributed by atoms with E-state index in [0.29, 0.717) is 25.7 Å². The van der Waals surface area contributed by atoms with E-state index < -0.39 is 139 Å². The zero-order valence-corrected chi connectivity index (χ0v) is 46.6. The Kier molecular flexibility index (Phi) is 16.8. The number of aliphatic carboxylic acids is 1.